The summed E-state index contributed by atoms with van der Waals surface area (Å²) in [6.45, 7) is 1.26. The molecule has 1 aliphatic heterocycles. The Morgan fingerprint density at radius 1 is 1.42 bits per heavy atom. The number of halogens is 1. The molecule has 1 fully saturated rings. The van der Waals surface area contributed by atoms with E-state index >= 15 is 0 Å². The van der Waals surface area contributed by atoms with E-state index in [1.54, 1.807) is 18.3 Å². The first-order valence-corrected chi connectivity index (χ1v) is 8.53. The lowest BCUT2D eigenvalue weighted by Gasteiger charge is -2.34. The predicted octanol–water partition coefficient (Wildman–Crippen LogP) is 2.60. The van der Waals surface area contributed by atoms with Crippen molar-refractivity contribution in [3.05, 3.63) is 46.6 Å². The number of hydrogen-bond acceptors (Lipinski definition) is 4. The predicted molar refractivity (Wildman–Crippen MR) is 93.0 cm³/mol. The molecule has 1 amide bonds. The molecule has 1 unspecified atom stereocenters. The van der Waals surface area contributed by atoms with Crippen LogP contribution in [0, 0.1) is 11.3 Å². The summed E-state index contributed by atoms with van der Waals surface area (Å²) in [5, 5.41) is 21.9. The van der Waals surface area contributed by atoms with E-state index in [9.17, 15) is 10.1 Å². The van der Waals surface area contributed by atoms with E-state index in [0.717, 1.165) is 31.4 Å². The number of hydrogen-bond donors (Lipinski definition) is 2. The lowest BCUT2D eigenvalue weighted by atomic mass is 10.00. The van der Waals surface area contributed by atoms with E-state index in [0.29, 0.717) is 18.0 Å². The van der Waals surface area contributed by atoms with Crippen molar-refractivity contribution >= 4 is 17.5 Å². The molecule has 0 spiro atoms. The molecule has 1 saturated heterocycles. The molecule has 1 atom stereocenters. The third kappa shape index (κ3) is 5.26. The number of rotatable bonds is 6. The van der Waals surface area contributed by atoms with Gasteiger partial charge in [0.15, 0.2) is 0 Å². The molecule has 1 heterocycles. The normalized spacial score (nSPS) is 18.1. The molecule has 0 radical (unpaired) electrons. The lowest BCUT2D eigenvalue weighted by molar-refractivity contribution is -0.117. The van der Waals surface area contributed by atoms with Gasteiger partial charge in [-0.1, -0.05) is 23.7 Å². The standard InChI is InChI=1S/C18H22ClN3O2/c19-16-6-4-14(5-7-16)12-21-18(24)15(11-20)13-22-9-2-1-3-17(22)8-10-23/h4-7,13,17,23H,1-3,8-10,12H2,(H,21,24)/b15-13-. The molecule has 2 rings (SSSR count). The minimum atomic E-state index is -0.388. The topological polar surface area (TPSA) is 76.4 Å². The minimum Gasteiger partial charge on any atom is -0.396 e. The van der Waals surface area contributed by atoms with Crippen LogP contribution in [0.4, 0.5) is 0 Å². The molecule has 0 aromatic heterocycles. The van der Waals surface area contributed by atoms with E-state index in [2.05, 4.69) is 5.32 Å². The highest BCUT2D eigenvalue weighted by atomic mass is 35.5. The van der Waals surface area contributed by atoms with Crippen LogP contribution < -0.4 is 5.32 Å². The van der Waals surface area contributed by atoms with Gasteiger partial charge in [-0.05, 0) is 43.4 Å². The number of carbonyl (C=O) groups excluding carboxylic acids is 1. The van der Waals surface area contributed by atoms with Gasteiger partial charge in [0.2, 0.25) is 0 Å². The fourth-order valence-electron chi connectivity index (χ4n) is 2.84. The molecule has 0 bridgehead atoms. The Hall–Kier alpha value is -2.03. The number of likely N-dealkylation sites (tertiary alicyclic amines) is 1. The molecule has 2 N–H and O–H groups in total. The van der Waals surface area contributed by atoms with Gasteiger partial charge in [0.05, 0.1) is 0 Å². The lowest BCUT2D eigenvalue weighted by Crippen LogP contribution is -2.37. The van der Waals surface area contributed by atoms with Gasteiger partial charge in [-0.2, -0.15) is 5.26 Å². The molecule has 1 aromatic rings. The van der Waals surface area contributed by atoms with E-state index in [-0.39, 0.29) is 24.1 Å². The summed E-state index contributed by atoms with van der Waals surface area (Å²) in [7, 11) is 0. The maximum atomic E-state index is 12.2. The van der Waals surface area contributed by atoms with Crippen LogP contribution in [-0.2, 0) is 11.3 Å². The zero-order valence-corrected chi connectivity index (χ0v) is 14.3. The number of nitriles is 1. The van der Waals surface area contributed by atoms with Gasteiger partial charge in [0.25, 0.3) is 5.91 Å². The van der Waals surface area contributed by atoms with Gasteiger partial charge in [0.1, 0.15) is 11.6 Å². The maximum Gasteiger partial charge on any atom is 0.263 e. The van der Waals surface area contributed by atoms with E-state index in [1.165, 1.54) is 0 Å². The van der Waals surface area contributed by atoms with Crippen molar-refractivity contribution in [1.29, 1.82) is 5.26 Å². The van der Waals surface area contributed by atoms with Gasteiger partial charge < -0.3 is 15.3 Å². The third-order valence-electron chi connectivity index (χ3n) is 4.16. The van der Waals surface area contributed by atoms with Crippen molar-refractivity contribution in [2.24, 2.45) is 0 Å². The summed E-state index contributed by atoms with van der Waals surface area (Å²) in [6.07, 6.45) is 5.41. The van der Waals surface area contributed by atoms with E-state index in [1.807, 2.05) is 23.1 Å². The Kier molecular flexibility index (Phi) is 7.10. The zero-order chi connectivity index (χ0) is 17.4. The monoisotopic (exact) mass is 347 g/mol. The highest BCUT2D eigenvalue weighted by Crippen LogP contribution is 2.20. The molecule has 0 saturated carbocycles. The summed E-state index contributed by atoms with van der Waals surface area (Å²) >= 11 is 5.83. The number of amides is 1. The van der Waals surface area contributed by atoms with E-state index in [4.69, 9.17) is 16.7 Å². The van der Waals surface area contributed by atoms with Gasteiger partial charge in [-0.3, -0.25) is 4.79 Å². The second-order valence-electron chi connectivity index (χ2n) is 5.86. The van der Waals surface area contributed by atoms with Crippen molar-refractivity contribution in [2.75, 3.05) is 13.2 Å². The molecule has 24 heavy (non-hydrogen) atoms. The van der Waals surface area contributed by atoms with Crippen LogP contribution in [-0.4, -0.2) is 35.1 Å². The molecule has 5 nitrogen and oxygen atoms in total. The van der Waals surface area contributed by atoms with Crippen LogP contribution in [0.25, 0.3) is 0 Å². The summed E-state index contributed by atoms with van der Waals surface area (Å²) in [5.74, 6) is -0.388. The van der Waals surface area contributed by atoms with Crippen molar-refractivity contribution in [3.63, 3.8) is 0 Å². The van der Waals surface area contributed by atoms with Crippen molar-refractivity contribution < 1.29 is 9.90 Å². The molecule has 1 aliphatic rings. The minimum absolute atomic E-state index is 0.0915. The molecule has 0 aliphatic carbocycles. The molecular weight excluding hydrogens is 326 g/mol. The molecule has 1 aromatic carbocycles. The Morgan fingerprint density at radius 3 is 2.83 bits per heavy atom. The smallest absolute Gasteiger partial charge is 0.263 e. The molecular formula is C18H22ClN3O2. The van der Waals surface area contributed by atoms with Crippen LogP contribution in [0.2, 0.25) is 5.02 Å². The first-order chi connectivity index (χ1) is 11.6. The number of aliphatic hydroxyl groups is 1. The highest BCUT2D eigenvalue weighted by molar-refractivity contribution is 6.30. The average Bonchev–Trinajstić information content (AvgIpc) is 2.60. The van der Waals surface area contributed by atoms with Crippen molar-refractivity contribution in [3.8, 4) is 6.07 Å². The zero-order valence-electron chi connectivity index (χ0n) is 13.5. The number of aliphatic hydroxyl groups excluding tert-OH is 1. The van der Waals surface area contributed by atoms with Crippen molar-refractivity contribution in [2.45, 2.75) is 38.3 Å². The third-order valence-corrected chi connectivity index (χ3v) is 4.41. The number of piperidine rings is 1. The average molecular weight is 348 g/mol. The number of carbonyl (C=O) groups is 1. The van der Waals surface area contributed by atoms with Crippen LogP contribution >= 0.6 is 11.6 Å². The second kappa shape index (κ2) is 9.31. The second-order valence-corrected chi connectivity index (χ2v) is 6.30. The van der Waals surface area contributed by atoms with Crippen LogP contribution in [0.15, 0.2) is 36.0 Å². The van der Waals surface area contributed by atoms with Gasteiger partial charge in [0, 0.05) is 37.0 Å². The number of benzene rings is 1. The van der Waals surface area contributed by atoms with Crippen LogP contribution in [0.5, 0.6) is 0 Å². The quantitative estimate of drug-likeness (QED) is 0.612. The Morgan fingerprint density at radius 2 is 2.17 bits per heavy atom. The summed E-state index contributed by atoms with van der Waals surface area (Å²) in [6, 6.07) is 9.36. The molecule has 128 valence electrons. The Labute approximate surface area is 147 Å². The highest BCUT2D eigenvalue weighted by Gasteiger charge is 2.21. The number of nitrogens with one attached hydrogen (secondary N) is 1. The summed E-state index contributed by atoms with van der Waals surface area (Å²) in [4.78, 5) is 14.3. The number of nitrogens with zero attached hydrogens (tertiary/aromatic N) is 2. The largest absolute Gasteiger partial charge is 0.396 e. The fourth-order valence-corrected chi connectivity index (χ4v) is 2.96. The first-order valence-electron chi connectivity index (χ1n) is 8.15. The van der Waals surface area contributed by atoms with Gasteiger partial charge >= 0.3 is 0 Å². The van der Waals surface area contributed by atoms with Crippen molar-refractivity contribution in [1.82, 2.24) is 10.2 Å². The van der Waals surface area contributed by atoms with E-state index < -0.39 is 0 Å². The van der Waals surface area contributed by atoms with Crippen LogP contribution in [0.3, 0.4) is 0 Å². The SMILES string of the molecule is N#C/C(=C/N1CCCCC1CCO)C(=O)NCc1ccc(Cl)cc1. The van der Waals surface area contributed by atoms with Gasteiger partial charge in [-0.15, -0.1) is 0 Å². The first kappa shape index (κ1) is 18.3. The summed E-state index contributed by atoms with van der Waals surface area (Å²) < 4.78 is 0. The Bertz CT molecular complexity index is 620. The summed E-state index contributed by atoms with van der Waals surface area (Å²) in [5.41, 5.74) is 1.01. The fraction of sp³-hybridized carbons (Fsp3) is 0.444. The molecule has 6 heteroatoms. The maximum absolute atomic E-state index is 12.2. The Balaban J connectivity index is 1.99. The van der Waals surface area contributed by atoms with Gasteiger partial charge in [-0.25, -0.2) is 0 Å². The van der Waals surface area contributed by atoms with Crippen LogP contribution in [0.1, 0.15) is 31.2 Å².